The molecule has 4 rings (SSSR count). The number of aryl methyl sites for hydroxylation is 3. The first-order valence-electron chi connectivity index (χ1n) is 9.43. The van der Waals surface area contributed by atoms with Crippen LogP contribution in [0.2, 0.25) is 0 Å². The molecule has 29 heavy (non-hydrogen) atoms. The first kappa shape index (κ1) is 19.7. The van der Waals surface area contributed by atoms with Gasteiger partial charge in [-0.25, -0.2) is 8.42 Å². The summed E-state index contributed by atoms with van der Waals surface area (Å²) < 4.78 is 28.5. The number of nitrogens with zero attached hydrogens (tertiary/aromatic N) is 1. The highest BCUT2D eigenvalue weighted by atomic mass is 32.2. The van der Waals surface area contributed by atoms with Crippen LogP contribution < -0.4 is 9.62 Å². The van der Waals surface area contributed by atoms with Crippen LogP contribution in [0.25, 0.3) is 0 Å². The topological polar surface area (TPSA) is 66.5 Å². The summed E-state index contributed by atoms with van der Waals surface area (Å²) in [5.41, 5.74) is 3.93. The van der Waals surface area contributed by atoms with Crippen molar-refractivity contribution in [1.29, 1.82) is 0 Å². The van der Waals surface area contributed by atoms with Crippen LogP contribution in [0.1, 0.15) is 32.8 Å². The molecule has 1 aliphatic heterocycles. The molecule has 7 heteroatoms. The lowest BCUT2D eigenvalue weighted by Crippen LogP contribution is -2.35. The largest absolute Gasteiger partial charge is 0.307 e. The third-order valence-corrected chi connectivity index (χ3v) is 7.44. The van der Waals surface area contributed by atoms with E-state index in [-0.39, 0.29) is 10.8 Å². The summed E-state index contributed by atoms with van der Waals surface area (Å²) in [6.45, 7) is 4.32. The van der Waals surface area contributed by atoms with Gasteiger partial charge in [0.1, 0.15) is 0 Å². The number of hydrogen-bond acceptors (Lipinski definition) is 4. The maximum atomic E-state index is 12.9. The molecule has 0 atom stereocenters. The number of carbonyl (C=O) groups is 1. The van der Waals surface area contributed by atoms with Crippen molar-refractivity contribution in [1.82, 2.24) is 0 Å². The van der Waals surface area contributed by atoms with Gasteiger partial charge in [0.25, 0.3) is 15.9 Å². The van der Waals surface area contributed by atoms with Gasteiger partial charge in [-0.1, -0.05) is 18.2 Å². The van der Waals surface area contributed by atoms with Gasteiger partial charge in [-0.3, -0.25) is 9.52 Å². The minimum Gasteiger partial charge on any atom is -0.307 e. The number of benzene rings is 2. The number of rotatable bonds is 4. The van der Waals surface area contributed by atoms with Gasteiger partial charge >= 0.3 is 0 Å². The highest BCUT2D eigenvalue weighted by Gasteiger charge is 2.25. The second kappa shape index (κ2) is 7.65. The van der Waals surface area contributed by atoms with Gasteiger partial charge in [-0.05, 0) is 79.1 Å². The van der Waals surface area contributed by atoms with E-state index < -0.39 is 10.0 Å². The van der Waals surface area contributed by atoms with Crippen molar-refractivity contribution in [2.24, 2.45) is 0 Å². The van der Waals surface area contributed by atoms with Crippen LogP contribution in [0.3, 0.4) is 0 Å². The summed E-state index contributed by atoms with van der Waals surface area (Å²) in [5, 5.41) is 1.89. The van der Waals surface area contributed by atoms with Crippen molar-refractivity contribution in [2.45, 2.75) is 31.6 Å². The summed E-state index contributed by atoms with van der Waals surface area (Å²) >= 11 is 1.43. The Bertz CT molecular complexity index is 1170. The normalized spacial score (nSPS) is 13.8. The molecule has 1 N–H and O–H groups in total. The first-order valence-corrected chi connectivity index (χ1v) is 11.8. The van der Waals surface area contributed by atoms with Crippen molar-refractivity contribution >= 4 is 38.6 Å². The molecule has 0 aliphatic carbocycles. The Labute approximate surface area is 175 Å². The van der Waals surface area contributed by atoms with Crippen LogP contribution in [-0.4, -0.2) is 20.9 Å². The van der Waals surface area contributed by atoms with Gasteiger partial charge in [-0.2, -0.15) is 0 Å². The molecular formula is C22H22N2O3S2. The number of sulfonamides is 1. The van der Waals surface area contributed by atoms with E-state index in [2.05, 4.69) is 4.72 Å². The molecule has 3 aromatic rings. The summed E-state index contributed by atoms with van der Waals surface area (Å²) in [7, 11) is -3.69. The molecule has 1 amide bonds. The summed E-state index contributed by atoms with van der Waals surface area (Å²) in [5.74, 6) is -0.00957. The average molecular weight is 427 g/mol. The van der Waals surface area contributed by atoms with Crippen molar-refractivity contribution in [3.63, 3.8) is 0 Å². The zero-order valence-corrected chi connectivity index (χ0v) is 17.9. The second-order valence-electron chi connectivity index (χ2n) is 7.26. The predicted molar refractivity (Wildman–Crippen MR) is 117 cm³/mol. The van der Waals surface area contributed by atoms with E-state index in [1.54, 1.807) is 24.0 Å². The molecule has 5 nitrogen and oxygen atoms in total. The molecule has 0 unspecified atom stereocenters. The molecule has 0 saturated carbocycles. The third kappa shape index (κ3) is 3.93. The fraction of sp³-hybridized carbons (Fsp3) is 0.227. The third-order valence-electron chi connectivity index (χ3n) is 5.06. The standard InChI is InChI=1S/C22H22N2O3S2/c1-15-7-8-16(2)21(13-15)29(26,27)23-18-9-10-19-17(14-18)5-3-11-24(19)22(25)20-6-4-12-28-20/h4,6-10,12-14,23H,3,5,11H2,1-2H3. The molecule has 0 spiro atoms. The molecule has 1 aromatic heterocycles. The number of carbonyl (C=O) groups excluding carboxylic acids is 1. The monoisotopic (exact) mass is 426 g/mol. The Hall–Kier alpha value is -2.64. The van der Waals surface area contributed by atoms with E-state index in [0.717, 1.165) is 29.7 Å². The van der Waals surface area contributed by atoms with E-state index in [4.69, 9.17) is 0 Å². The minimum atomic E-state index is -3.69. The van der Waals surface area contributed by atoms with Crippen molar-refractivity contribution < 1.29 is 13.2 Å². The smallest absolute Gasteiger partial charge is 0.268 e. The maximum Gasteiger partial charge on any atom is 0.268 e. The predicted octanol–water partition coefficient (Wildman–Crippen LogP) is 4.76. The number of hydrogen-bond donors (Lipinski definition) is 1. The Morgan fingerprint density at radius 2 is 1.93 bits per heavy atom. The van der Waals surface area contributed by atoms with Gasteiger partial charge < -0.3 is 4.90 Å². The van der Waals surface area contributed by atoms with Crippen LogP contribution >= 0.6 is 11.3 Å². The Kier molecular flexibility index (Phi) is 5.19. The van der Waals surface area contributed by atoms with Crippen molar-refractivity contribution in [3.05, 3.63) is 75.5 Å². The van der Waals surface area contributed by atoms with Crippen LogP contribution in [0.5, 0.6) is 0 Å². The van der Waals surface area contributed by atoms with Gasteiger partial charge in [0.15, 0.2) is 0 Å². The molecular weight excluding hydrogens is 404 g/mol. The van der Waals surface area contributed by atoms with E-state index >= 15 is 0 Å². The SMILES string of the molecule is Cc1ccc(C)c(S(=O)(=O)Nc2ccc3c(c2)CCCN3C(=O)c2cccs2)c1. The molecule has 2 heterocycles. The van der Waals surface area contributed by atoms with Gasteiger partial charge in [0.05, 0.1) is 9.77 Å². The number of amides is 1. The van der Waals surface area contributed by atoms with E-state index in [9.17, 15) is 13.2 Å². The second-order valence-corrected chi connectivity index (χ2v) is 9.85. The Morgan fingerprint density at radius 3 is 2.69 bits per heavy atom. The molecule has 0 saturated heterocycles. The fourth-order valence-corrected chi connectivity index (χ4v) is 5.66. The van der Waals surface area contributed by atoms with Crippen LogP contribution in [0.4, 0.5) is 11.4 Å². The molecule has 150 valence electrons. The lowest BCUT2D eigenvalue weighted by atomic mass is 10.0. The quantitative estimate of drug-likeness (QED) is 0.654. The van der Waals surface area contributed by atoms with Gasteiger partial charge in [0, 0.05) is 17.9 Å². The van der Waals surface area contributed by atoms with Crippen molar-refractivity contribution in [3.8, 4) is 0 Å². The van der Waals surface area contributed by atoms with Gasteiger partial charge in [0.2, 0.25) is 0 Å². The molecule has 0 bridgehead atoms. The van der Waals surface area contributed by atoms with E-state index in [1.165, 1.54) is 11.3 Å². The highest BCUT2D eigenvalue weighted by molar-refractivity contribution is 7.92. The first-order chi connectivity index (χ1) is 13.8. The molecule has 0 radical (unpaired) electrons. The number of anilines is 2. The van der Waals surface area contributed by atoms with E-state index in [1.807, 2.05) is 48.7 Å². The summed E-state index contributed by atoms with van der Waals surface area (Å²) in [6, 6.07) is 14.5. The van der Waals surface area contributed by atoms with E-state index in [0.29, 0.717) is 22.7 Å². The maximum absolute atomic E-state index is 12.9. The van der Waals surface area contributed by atoms with Gasteiger partial charge in [-0.15, -0.1) is 11.3 Å². The molecule has 0 fully saturated rings. The zero-order valence-electron chi connectivity index (χ0n) is 16.3. The average Bonchev–Trinajstić information content (AvgIpc) is 3.23. The lowest BCUT2D eigenvalue weighted by molar-refractivity contribution is 0.0989. The van der Waals surface area contributed by atoms with Crippen molar-refractivity contribution in [2.75, 3.05) is 16.2 Å². The minimum absolute atomic E-state index is 0.00957. The summed E-state index contributed by atoms with van der Waals surface area (Å²) in [4.78, 5) is 15.6. The zero-order chi connectivity index (χ0) is 20.6. The van der Waals surface area contributed by atoms with Crippen LogP contribution in [0, 0.1) is 13.8 Å². The number of thiophene rings is 1. The highest BCUT2D eigenvalue weighted by Crippen LogP contribution is 2.32. The fourth-order valence-electron chi connectivity index (χ4n) is 3.61. The number of nitrogens with one attached hydrogen (secondary N) is 1. The molecule has 1 aliphatic rings. The lowest BCUT2D eigenvalue weighted by Gasteiger charge is -2.29. The van der Waals surface area contributed by atoms with Crippen LogP contribution in [0.15, 0.2) is 58.8 Å². The molecule has 2 aromatic carbocycles. The summed E-state index contributed by atoms with van der Waals surface area (Å²) in [6.07, 6.45) is 1.65. The van der Waals surface area contributed by atoms with Crippen LogP contribution in [-0.2, 0) is 16.4 Å². The number of fused-ring (bicyclic) bond motifs is 1. The Balaban J connectivity index is 1.63. The Morgan fingerprint density at radius 1 is 1.10 bits per heavy atom.